The van der Waals surface area contributed by atoms with Crippen molar-refractivity contribution >= 4 is 33.6 Å². The predicted octanol–water partition coefficient (Wildman–Crippen LogP) is 1.32. The fraction of sp³-hybridized carbons (Fsp3) is 0.400. The van der Waals surface area contributed by atoms with E-state index in [-0.39, 0.29) is 30.2 Å². The number of anilines is 1. The van der Waals surface area contributed by atoms with Crippen LogP contribution in [0.1, 0.15) is 19.4 Å². The summed E-state index contributed by atoms with van der Waals surface area (Å²) in [6.07, 6.45) is 2.35. The summed E-state index contributed by atoms with van der Waals surface area (Å²) in [7, 11) is 0. The largest absolute Gasteiger partial charge is 0.394 e. The molecular formula is C20H26BrN7O5. The smallest absolute Gasteiger partial charge is 0.324 e. The molecule has 1 aromatic carbocycles. The minimum Gasteiger partial charge on any atom is -0.394 e. The number of ether oxygens (including phenoxy) is 1. The number of hydrogen-bond acceptors (Lipinski definition) is 8. The van der Waals surface area contributed by atoms with Crippen LogP contribution in [0.25, 0.3) is 11.3 Å². The fourth-order valence-electron chi connectivity index (χ4n) is 3.38. The molecular weight excluding hydrogens is 498 g/mol. The number of benzene rings is 1. The first-order valence-electron chi connectivity index (χ1n) is 10.1. The Labute approximate surface area is 198 Å². The first-order valence-corrected chi connectivity index (χ1v) is 11.0. The molecule has 0 radical (unpaired) electrons. The molecule has 1 aromatic heterocycles. The van der Waals surface area contributed by atoms with Crippen molar-refractivity contribution in [3.63, 3.8) is 0 Å². The number of carbonyl (C=O) groups excluding carboxylic acids is 2. The van der Waals surface area contributed by atoms with Crippen LogP contribution >= 0.6 is 15.9 Å². The van der Waals surface area contributed by atoms with E-state index in [0.29, 0.717) is 17.8 Å². The molecule has 2 heterocycles. The summed E-state index contributed by atoms with van der Waals surface area (Å²) in [5.41, 5.74) is 9.71. The van der Waals surface area contributed by atoms with Gasteiger partial charge in [0.2, 0.25) is 5.91 Å². The minimum absolute atomic E-state index is 0.229. The molecule has 2 aromatic rings. The van der Waals surface area contributed by atoms with Gasteiger partial charge in [0.25, 0.3) is 0 Å². The number of nitrogens with one attached hydrogen (secondary N) is 2. The second-order valence-corrected chi connectivity index (χ2v) is 8.66. The highest BCUT2D eigenvalue weighted by atomic mass is 79.9. The van der Waals surface area contributed by atoms with Crippen molar-refractivity contribution < 1.29 is 24.3 Å². The van der Waals surface area contributed by atoms with E-state index in [0.717, 1.165) is 5.56 Å². The standard InChI is InChI=1S/C20H26BrN7O5/c1-3-27(20(31)23-12(2)21)19-8-16(17(10-29)33-19)28-9-15(24-26-28)13-4-6-14(7-5-13)25-32-11-18(22)30/h3-7,9,12,16-17,19,25,29H,1,8,10-11H2,2H3,(H2,22,30)(H,23,31)/t12?,16?,17-,19-/m0/s1. The highest BCUT2D eigenvalue weighted by molar-refractivity contribution is 9.09. The zero-order chi connectivity index (χ0) is 24.0. The summed E-state index contributed by atoms with van der Waals surface area (Å²) in [4.78, 5) is 29.2. The molecule has 33 heavy (non-hydrogen) atoms. The van der Waals surface area contributed by atoms with Gasteiger partial charge in [0.1, 0.15) is 18.0 Å². The highest BCUT2D eigenvalue weighted by Gasteiger charge is 2.40. The second-order valence-electron chi connectivity index (χ2n) is 7.29. The molecule has 1 fully saturated rings. The Morgan fingerprint density at radius 3 is 2.82 bits per heavy atom. The zero-order valence-corrected chi connectivity index (χ0v) is 19.5. The number of nitrogens with zero attached hydrogens (tertiary/aromatic N) is 4. The Balaban J connectivity index is 1.69. The third-order valence-electron chi connectivity index (χ3n) is 4.88. The van der Waals surface area contributed by atoms with Gasteiger partial charge in [-0.25, -0.2) is 9.48 Å². The van der Waals surface area contributed by atoms with Gasteiger partial charge in [-0.3, -0.25) is 20.0 Å². The van der Waals surface area contributed by atoms with E-state index in [4.69, 9.17) is 15.3 Å². The van der Waals surface area contributed by atoms with E-state index < -0.39 is 18.2 Å². The number of aromatic nitrogens is 3. The van der Waals surface area contributed by atoms with Crippen LogP contribution in [0.4, 0.5) is 10.5 Å². The number of alkyl halides is 1. The highest BCUT2D eigenvalue weighted by Crippen LogP contribution is 2.33. The van der Waals surface area contributed by atoms with Crippen molar-refractivity contribution in [2.45, 2.75) is 36.7 Å². The van der Waals surface area contributed by atoms with Gasteiger partial charge in [-0.15, -0.1) is 5.10 Å². The predicted molar refractivity (Wildman–Crippen MR) is 123 cm³/mol. The van der Waals surface area contributed by atoms with Gasteiger partial charge in [-0.05, 0) is 19.1 Å². The van der Waals surface area contributed by atoms with Gasteiger partial charge < -0.3 is 20.9 Å². The number of primary amides is 1. The van der Waals surface area contributed by atoms with Crippen LogP contribution < -0.4 is 16.5 Å². The number of nitrogens with two attached hydrogens (primary N) is 1. The van der Waals surface area contributed by atoms with Crippen molar-refractivity contribution in [2.24, 2.45) is 5.73 Å². The number of rotatable bonds is 10. The molecule has 0 aliphatic carbocycles. The summed E-state index contributed by atoms with van der Waals surface area (Å²) < 4.78 is 7.53. The second kappa shape index (κ2) is 11.2. The molecule has 4 atom stereocenters. The van der Waals surface area contributed by atoms with Crippen molar-refractivity contribution in [3.8, 4) is 11.3 Å². The fourth-order valence-corrected chi connectivity index (χ4v) is 3.57. The van der Waals surface area contributed by atoms with Crippen LogP contribution in [-0.4, -0.2) is 67.4 Å². The Kier molecular flexibility index (Phi) is 8.38. The van der Waals surface area contributed by atoms with E-state index in [1.165, 1.54) is 11.1 Å². The number of urea groups is 1. The van der Waals surface area contributed by atoms with E-state index >= 15 is 0 Å². The molecule has 1 aliphatic heterocycles. The van der Waals surface area contributed by atoms with Crippen molar-refractivity contribution in [1.29, 1.82) is 0 Å². The first-order chi connectivity index (χ1) is 15.8. The Bertz CT molecular complexity index is 968. The van der Waals surface area contributed by atoms with Crippen molar-refractivity contribution in [1.82, 2.24) is 25.2 Å². The van der Waals surface area contributed by atoms with Crippen LogP contribution in [0.3, 0.4) is 0 Å². The molecule has 1 aliphatic rings. The van der Waals surface area contributed by atoms with Crippen LogP contribution in [0.15, 0.2) is 43.2 Å². The Morgan fingerprint density at radius 1 is 1.48 bits per heavy atom. The maximum atomic E-state index is 12.4. The van der Waals surface area contributed by atoms with Gasteiger partial charge in [-0.1, -0.05) is 39.9 Å². The number of carbonyl (C=O) groups is 2. The number of amides is 3. The molecule has 5 N–H and O–H groups in total. The maximum absolute atomic E-state index is 12.4. The summed E-state index contributed by atoms with van der Waals surface area (Å²) >= 11 is 3.28. The Morgan fingerprint density at radius 2 is 2.21 bits per heavy atom. The van der Waals surface area contributed by atoms with Gasteiger partial charge >= 0.3 is 6.03 Å². The minimum atomic E-state index is -0.616. The van der Waals surface area contributed by atoms with E-state index in [1.54, 1.807) is 29.9 Å². The molecule has 0 bridgehead atoms. The number of halogens is 1. The van der Waals surface area contributed by atoms with Crippen molar-refractivity contribution in [2.75, 3.05) is 18.7 Å². The summed E-state index contributed by atoms with van der Waals surface area (Å²) in [5, 5.41) is 21.0. The monoisotopic (exact) mass is 523 g/mol. The van der Waals surface area contributed by atoms with Gasteiger partial charge in [0.15, 0.2) is 6.61 Å². The number of hydrogen-bond donors (Lipinski definition) is 4. The molecule has 1 saturated heterocycles. The maximum Gasteiger partial charge on any atom is 0.324 e. The molecule has 0 spiro atoms. The normalized spacial score (nSPS) is 20.8. The molecule has 178 valence electrons. The molecule has 3 rings (SSSR count). The van der Waals surface area contributed by atoms with Crippen LogP contribution in [0.5, 0.6) is 0 Å². The average Bonchev–Trinajstić information content (AvgIpc) is 3.41. The lowest BCUT2D eigenvalue weighted by atomic mass is 10.1. The molecule has 12 nitrogen and oxygen atoms in total. The summed E-state index contributed by atoms with van der Waals surface area (Å²) in [5.74, 6) is -0.579. The molecule has 3 amide bonds. The third kappa shape index (κ3) is 6.28. The third-order valence-corrected chi connectivity index (χ3v) is 5.11. The van der Waals surface area contributed by atoms with E-state index in [9.17, 15) is 14.7 Å². The molecule has 0 saturated carbocycles. The lowest BCUT2D eigenvalue weighted by molar-refractivity contribution is -0.121. The first kappa shape index (κ1) is 24.6. The van der Waals surface area contributed by atoms with E-state index in [2.05, 4.69) is 43.6 Å². The topological polar surface area (TPSA) is 157 Å². The summed E-state index contributed by atoms with van der Waals surface area (Å²) in [6, 6.07) is 6.43. The molecule has 13 heteroatoms. The Hall–Kier alpha value is -3.00. The number of aliphatic hydroxyl groups excluding tert-OH is 1. The average molecular weight is 524 g/mol. The van der Waals surface area contributed by atoms with Crippen LogP contribution in [0.2, 0.25) is 0 Å². The number of aliphatic hydroxyl groups is 1. The van der Waals surface area contributed by atoms with Crippen LogP contribution in [0, 0.1) is 0 Å². The van der Waals surface area contributed by atoms with Crippen LogP contribution in [-0.2, 0) is 14.4 Å². The van der Waals surface area contributed by atoms with Gasteiger partial charge in [0, 0.05) is 18.2 Å². The van der Waals surface area contributed by atoms with Crippen molar-refractivity contribution in [3.05, 3.63) is 43.2 Å². The zero-order valence-electron chi connectivity index (χ0n) is 17.9. The van der Waals surface area contributed by atoms with Gasteiger partial charge in [0.05, 0.1) is 29.5 Å². The SMILES string of the molecule is C=CN(C(=O)NC(C)Br)[C@@H]1CC(n2cc(-c3ccc(NOCC(N)=O)cc3)nn2)[C@H](CO)O1. The van der Waals surface area contributed by atoms with E-state index in [1.807, 2.05) is 12.1 Å². The van der Waals surface area contributed by atoms with Gasteiger partial charge in [-0.2, -0.15) is 0 Å². The lowest BCUT2D eigenvalue weighted by Gasteiger charge is -2.25. The quantitative estimate of drug-likeness (QED) is 0.206. The summed E-state index contributed by atoms with van der Waals surface area (Å²) in [6.45, 7) is 4.99. The lowest BCUT2D eigenvalue weighted by Crippen LogP contribution is -2.44. The molecule has 2 unspecified atom stereocenters.